The molecule has 0 aliphatic heterocycles. The van der Waals surface area contributed by atoms with Crippen molar-refractivity contribution in [2.24, 2.45) is 0 Å². The van der Waals surface area contributed by atoms with Crippen molar-refractivity contribution >= 4 is 0 Å². The van der Waals surface area contributed by atoms with Crippen LogP contribution in [0.2, 0.25) is 0 Å². The van der Waals surface area contributed by atoms with Crippen LogP contribution in [0.15, 0.2) is 36.7 Å². The molecule has 1 heterocycles. The Morgan fingerprint density at radius 2 is 2.05 bits per heavy atom. The van der Waals surface area contributed by atoms with Gasteiger partial charge in [0.25, 0.3) is 0 Å². The third kappa shape index (κ3) is 2.54. The summed E-state index contributed by atoms with van der Waals surface area (Å²) in [5.74, 6) is 0.706. The maximum Gasteiger partial charge on any atom is 0.138 e. The van der Waals surface area contributed by atoms with Gasteiger partial charge in [-0.05, 0) is 50.8 Å². The van der Waals surface area contributed by atoms with E-state index in [1.807, 2.05) is 19.9 Å². The Kier molecular flexibility index (Phi) is 3.46. The van der Waals surface area contributed by atoms with Gasteiger partial charge in [-0.2, -0.15) is 0 Å². The second-order valence-electron chi connectivity index (χ2n) is 6.10. The fraction of sp³-hybridized carbons (Fsp3) is 0.389. The molecule has 110 valence electrons. The van der Waals surface area contributed by atoms with Crippen LogP contribution in [0.25, 0.3) is 0 Å². The van der Waals surface area contributed by atoms with E-state index in [-0.39, 0.29) is 6.10 Å². The van der Waals surface area contributed by atoms with Gasteiger partial charge in [0.15, 0.2) is 0 Å². The Morgan fingerprint density at radius 1 is 1.24 bits per heavy atom. The van der Waals surface area contributed by atoms with Gasteiger partial charge >= 0.3 is 0 Å². The summed E-state index contributed by atoms with van der Waals surface area (Å²) in [6, 6.07) is 8.20. The molecule has 1 unspecified atom stereocenters. The largest absolute Gasteiger partial charge is 0.489 e. The lowest BCUT2D eigenvalue weighted by molar-refractivity contribution is 0.0819. The first-order chi connectivity index (χ1) is 9.99. The molecule has 2 aromatic rings. The van der Waals surface area contributed by atoms with E-state index >= 15 is 0 Å². The van der Waals surface area contributed by atoms with Gasteiger partial charge in [0.1, 0.15) is 11.4 Å². The van der Waals surface area contributed by atoms with Gasteiger partial charge in [0.05, 0.1) is 12.3 Å². The molecule has 0 saturated carbocycles. The smallest absolute Gasteiger partial charge is 0.138 e. The zero-order valence-electron chi connectivity index (χ0n) is 12.8. The first-order valence-corrected chi connectivity index (χ1v) is 7.43. The summed E-state index contributed by atoms with van der Waals surface area (Å²) in [4.78, 5) is 4.24. The molecule has 0 spiro atoms. The van der Waals surface area contributed by atoms with E-state index in [9.17, 15) is 5.11 Å². The summed E-state index contributed by atoms with van der Waals surface area (Å²) < 4.78 is 5.70. The molecule has 1 aliphatic carbocycles. The maximum absolute atomic E-state index is 11.2. The highest BCUT2D eigenvalue weighted by atomic mass is 16.5. The van der Waals surface area contributed by atoms with Crippen molar-refractivity contribution in [1.29, 1.82) is 0 Å². The van der Waals surface area contributed by atoms with E-state index < -0.39 is 5.60 Å². The third-order valence-electron chi connectivity index (χ3n) is 4.03. The van der Waals surface area contributed by atoms with Crippen LogP contribution in [0.5, 0.6) is 5.75 Å². The monoisotopic (exact) mass is 283 g/mol. The molecule has 0 fully saturated rings. The van der Waals surface area contributed by atoms with Crippen molar-refractivity contribution in [3.8, 4) is 5.75 Å². The number of nitrogens with zero attached hydrogens (tertiary/aromatic N) is 1. The highest BCUT2D eigenvalue weighted by molar-refractivity contribution is 5.47. The average Bonchev–Trinajstić information content (AvgIpc) is 2.77. The van der Waals surface area contributed by atoms with Crippen LogP contribution in [0.3, 0.4) is 0 Å². The van der Waals surface area contributed by atoms with Crippen molar-refractivity contribution in [3.63, 3.8) is 0 Å². The highest BCUT2D eigenvalue weighted by Crippen LogP contribution is 2.42. The fourth-order valence-corrected chi connectivity index (χ4v) is 3.03. The standard InChI is InChI=1S/C18H21NO2/c1-12(2)21-16-9-15(10-19-11-16)18(20)7-6-14-5-4-13(3)8-17(14)18/h4-5,8-12,20H,6-7H2,1-3H3. The summed E-state index contributed by atoms with van der Waals surface area (Å²) in [5.41, 5.74) is 3.25. The second-order valence-corrected chi connectivity index (χ2v) is 6.10. The molecule has 1 aliphatic rings. The van der Waals surface area contributed by atoms with E-state index in [2.05, 4.69) is 30.1 Å². The van der Waals surface area contributed by atoms with Crippen LogP contribution >= 0.6 is 0 Å². The molecule has 21 heavy (non-hydrogen) atoms. The number of hydrogen-bond acceptors (Lipinski definition) is 3. The molecular formula is C18H21NO2. The summed E-state index contributed by atoms with van der Waals surface area (Å²) >= 11 is 0. The second kappa shape index (κ2) is 5.15. The summed E-state index contributed by atoms with van der Waals surface area (Å²) in [7, 11) is 0. The number of pyridine rings is 1. The van der Waals surface area contributed by atoms with Crippen molar-refractivity contribution in [2.75, 3.05) is 0 Å². The van der Waals surface area contributed by atoms with Crippen LogP contribution < -0.4 is 4.74 Å². The predicted molar refractivity (Wildman–Crippen MR) is 82.5 cm³/mol. The van der Waals surface area contributed by atoms with E-state index in [0.29, 0.717) is 12.2 Å². The number of aromatic nitrogens is 1. The lowest BCUT2D eigenvalue weighted by Gasteiger charge is -2.25. The molecule has 3 nitrogen and oxygen atoms in total. The third-order valence-corrected chi connectivity index (χ3v) is 4.03. The zero-order chi connectivity index (χ0) is 15.0. The van der Waals surface area contributed by atoms with Crippen molar-refractivity contribution < 1.29 is 9.84 Å². The number of aliphatic hydroxyl groups is 1. The minimum absolute atomic E-state index is 0.0924. The number of ether oxygens (including phenoxy) is 1. The van der Waals surface area contributed by atoms with Gasteiger partial charge in [0.2, 0.25) is 0 Å². The lowest BCUT2D eigenvalue weighted by Crippen LogP contribution is -2.24. The van der Waals surface area contributed by atoms with Gasteiger partial charge in [-0.25, -0.2) is 0 Å². The van der Waals surface area contributed by atoms with Gasteiger partial charge in [-0.1, -0.05) is 23.8 Å². The topological polar surface area (TPSA) is 42.4 Å². The Balaban J connectivity index is 2.03. The lowest BCUT2D eigenvalue weighted by atomic mass is 9.88. The molecule has 1 N–H and O–H groups in total. The molecule has 0 radical (unpaired) electrons. The summed E-state index contributed by atoms with van der Waals surface area (Å²) in [6.07, 6.45) is 5.11. The fourth-order valence-electron chi connectivity index (χ4n) is 3.03. The van der Waals surface area contributed by atoms with Crippen molar-refractivity contribution in [3.05, 3.63) is 58.9 Å². The maximum atomic E-state index is 11.2. The first-order valence-electron chi connectivity index (χ1n) is 7.43. The molecule has 3 heteroatoms. The van der Waals surface area contributed by atoms with Gasteiger partial charge in [-0.15, -0.1) is 0 Å². The molecule has 1 atom stereocenters. The Bertz CT molecular complexity index is 666. The number of fused-ring (bicyclic) bond motifs is 1. The summed E-state index contributed by atoms with van der Waals surface area (Å²) in [5, 5.41) is 11.2. The highest BCUT2D eigenvalue weighted by Gasteiger charge is 2.38. The Labute approximate surface area is 125 Å². The SMILES string of the molecule is Cc1ccc2c(c1)C(O)(c1cncc(OC(C)C)c1)CC2. The average molecular weight is 283 g/mol. The molecular weight excluding hydrogens is 262 g/mol. The molecule has 0 bridgehead atoms. The number of rotatable bonds is 3. The van der Waals surface area contributed by atoms with Crippen LogP contribution in [0.4, 0.5) is 0 Å². The zero-order valence-corrected chi connectivity index (χ0v) is 12.8. The van der Waals surface area contributed by atoms with Gasteiger partial charge < -0.3 is 9.84 Å². The Morgan fingerprint density at radius 3 is 2.81 bits per heavy atom. The van der Waals surface area contributed by atoms with Crippen LogP contribution in [0, 0.1) is 6.92 Å². The minimum atomic E-state index is -0.954. The molecule has 1 aromatic carbocycles. The Hall–Kier alpha value is -1.87. The van der Waals surface area contributed by atoms with Gasteiger partial charge in [-0.3, -0.25) is 4.98 Å². The molecule has 3 rings (SSSR count). The number of benzene rings is 1. The molecule has 1 aromatic heterocycles. The first kappa shape index (κ1) is 14.1. The van der Waals surface area contributed by atoms with E-state index in [4.69, 9.17) is 4.74 Å². The minimum Gasteiger partial charge on any atom is -0.489 e. The summed E-state index contributed by atoms with van der Waals surface area (Å²) in [6.45, 7) is 6.01. The van der Waals surface area contributed by atoms with E-state index in [1.165, 1.54) is 5.56 Å². The van der Waals surface area contributed by atoms with Gasteiger partial charge in [0, 0.05) is 11.8 Å². The van der Waals surface area contributed by atoms with E-state index in [0.717, 1.165) is 23.1 Å². The predicted octanol–water partition coefficient (Wildman–Crippen LogP) is 3.36. The normalized spacial score (nSPS) is 20.6. The molecule has 0 saturated heterocycles. The van der Waals surface area contributed by atoms with Crippen molar-refractivity contribution in [2.45, 2.75) is 45.3 Å². The quantitative estimate of drug-likeness (QED) is 0.939. The molecule has 0 amide bonds. The van der Waals surface area contributed by atoms with E-state index in [1.54, 1.807) is 12.4 Å². The van der Waals surface area contributed by atoms with Crippen LogP contribution in [-0.2, 0) is 12.0 Å². The number of aryl methyl sites for hydroxylation is 2. The van der Waals surface area contributed by atoms with Crippen LogP contribution in [0.1, 0.15) is 42.5 Å². The van der Waals surface area contributed by atoms with Crippen molar-refractivity contribution in [1.82, 2.24) is 4.98 Å². The van der Waals surface area contributed by atoms with Crippen LogP contribution in [-0.4, -0.2) is 16.2 Å². The number of hydrogen-bond donors (Lipinski definition) is 1.